The topological polar surface area (TPSA) is 29.9 Å². The van der Waals surface area contributed by atoms with Crippen LogP contribution in [0.4, 0.5) is 8.78 Å². The van der Waals surface area contributed by atoms with Crippen molar-refractivity contribution < 1.29 is 8.78 Å². The molecule has 0 aliphatic heterocycles. The molecule has 0 saturated carbocycles. The Morgan fingerprint density at radius 2 is 1.79 bits per heavy atom. The standard InChI is InChI=1S/C13H15F2N3.ClH/c14-5-6-18-10-12(9-17-18)8-16-7-11-1-3-13(15)4-2-11;/h1-4,9-10,16H,5-8H2;1H. The molecule has 3 nitrogen and oxygen atoms in total. The average Bonchev–Trinajstić information content (AvgIpc) is 2.80. The number of aryl methyl sites for hydroxylation is 1. The van der Waals surface area contributed by atoms with Gasteiger partial charge in [0.25, 0.3) is 0 Å². The summed E-state index contributed by atoms with van der Waals surface area (Å²) in [6.07, 6.45) is 3.53. The molecule has 19 heavy (non-hydrogen) atoms. The van der Waals surface area contributed by atoms with Crippen LogP contribution in [0.5, 0.6) is 0 Å². The Morgan fingerprint density at radius 3 is 2.47 bits per heavy atom. The van der Waals surface area contributed by atoms with Gasteiger partial charge >= 0.3 is 0 Å². The first-order chi connectivity index (χ1) is 8.78. The number of hydrogen-bond acceptors (Lipinski definition) is 2. The molecule has 0 aliphatic rings. The summed E-state index contributed by atoms with van der Waals surface area (Å²) in [5, 5.41) is 7.25. The van der Waals surface area contributed by atoms with Crippen LogP contribution in [0.2, 0.25) is 0 Å². The minimum atomic E-state index is -0.413. The fraction of sp³-hybridized carbons (Fsp3) is 0.308. The second kappa shape index (κ2) is 7.86. The zero-order valence-corrected chi connectivity index (χ0v) is 11.2. The summed E-state index contributed by atoms with van der Waals surface area (Å²) in [7, 11) is 0. The molecule has 0 spiro atoms. The molecule has 1 heterocycles. The summed E-state index contributed by atoms with van der Waals surface area (Å²) in [6, 6.07) is 6.37. The van der Waals surface area contributed by atoms with E-state index < -0.39 is 6.67 Å². The Bertz CT molecular complexity index is 485. The molecule has 104 valence electrons. The first-order valence-corrected chi connectivity index (χ1v) is 5.80. The smallest absolute Gasteiger partial charge is 0.123 e. The van der Waals surface area contributed by atoms with Gasteiger partial charge in [0.15, 0.2) is 0 Å². The fourth-order valence-electron chi connectivity index (χ4n) is 1.66. The van der Waals surface area contributed by atoms with Crippen LogP contribution in [0.3, 0.4) is 0 Å². The van der Waals surface area contributed by atoms with Gasteiger partial charge in [0.05, 0.1) is 12.7 Å². The van der Waals surface area contributed by atoms with E-state index in [4.69, 9.17) is 0 Å². The molecular formula is C13H16ClF2N3. The van der Waals surface area contributed by atoms with Gasteiger partial charge in [-0.05, 0) is 17.7 Å². The molecule has 0 atom stereocenters. The highest BCUT2D eigenvalue weighted by Crippen LogP contribution is 2.03. The zero-order chi connectivity index (χ0) is 12.8. The number of halogens is 3. The van der Waals surface area contributed by atoms with E-state index in [2.05, 4.69) is 10.4 Å². The van der Waals surface area contributed by atoms with E-state index in [0.717, 1.165) is 11.1 Å². The van der Waals surface area contributed by atoms with Crippen LogP contribution < -0.4 is 5.32 Å². The predicted octanol–water partition coefficient (Wildman–Crippen LogP) is 2.70. The van der Waals surface area contributed by atoms with Gasteiger partial charge in [-0.25, -0.2) is 8.78 Å². The van der Waals surface area contributed by atoms with Crippen molar-refractivity contribution in [3.8, 4) is 0 Å². The molecule has 0 aliphatic carbocycles. The first kappa shape index (κ1) is 15.6. The van der Waals surface area contributed by atoms with Gasteiger partial charge in [0.1, 0.15) is 12.5 Å². The number of aromatic nitrogens is 2. The first-order valence-electron chi connectivity index (χ1n) is 5.80. The van der Waals surface area contributed by atoms with E-state index in [0.29, 0.717) is 13.1 Å². The number of nitrogens with one attached hydrogen (secondary N) is 1. The summed E-state index contributed by atoms with van der Waals surface area (Å²) >= 11 is 0. The third-order valence-electron chi connectivity index (χ3n) is 2.57. The lowest BCUT2D eigenvalue weighted by Crippen LogP contribution is -2.12. The van der Waals surface area contributed by atoms with E-state index in [-0.39, 0.29) is 24.8 Å². The molecule has 1 N–H and O–H groups in total. The lowest BCUT2D eigenvalue weighted by atomic mass is 10.2. The molecule has 2 rings (SSSR count). The molecule has 0 saturated heterocycles. The summed E-state index contributed by atoms with van der Waals surface area (Å²) in [6.45, 7) is 1.19. The second-order valence-corrected chi connectivity index (χ2v) is 4.03. The third-order valence-corrected chi connectivity index (χ3v) is 2.57. The molecular weight excluding hydrogens is 272 g/mol. The van der Waals surface area contributed by atoms with Crippen molar-refractivity contribution in [1.82, 2.24) is 15.1 Å². The van der Waals surface area contributed by atoms with Crippen molar-refractivity contribution in [3.05, 3.63) is 53.6 Å². The van der Waals surface area contributed by atoms with Gasteiger partial charge in [-0.2, -0.15) is 5.10 Å². The Kier molecular flexibility index (Phi) is 6.45. The maximum Gasteiger partial charge on any atom is 0.123 e. The van der Waals surface area contributed by atoms with Crippen LogP contribution >= 0.6 is 12.4 Å². The molecule has 1 aromatic heterocycles. The SMILES string of the molecule is Cl.FCCn1cc(CNCc2ccc(F)cc2)cn1. The number of nitrogens with zero attached hydrogens (tertiary/aromatic N) is 2. The summed E-state index contributed by atoms with van der Waals surface area (Å²) in [5.41, 5.74) is 2.03. The van der Waals surface area contributed by atoms with Crippen molar-refractivity contribution in [2.24, 2.45) is 0 Å². The maximum absolute atomic E-state index is 12.7. The van der Waals surface area contributed by atoms with Gasteiger partial charge < -0.3 is 5.32 Å². The van der Waals surface area contributed by atoms with E-state index in [1.807, 2.05) is 6.20 Å². The zero-order valence-electron chi connectivity index (χ0n) is 10.4. The van der Waals surface area contributed by atoms with E-state index in [1.54, 1.807) is 23.0 Å². The van der Waals surface area contributed by atoms with Crippen LogP contribution in [-0.2, 0) is 19.6 Å². The molecule has 2 aromatic rings. The van der Waals surface area contributed by atoms with Gasteiger partial charge in [0.2, 0.25) is 0 Å². The average molecular weight is 288 g/mol. The van der Waals surface area contributed by atoms with Gasteiger partial charge in [-0.3, -0.25) is 4.68 Å². The van der Waals surface area contributed by atoms with E-state index >= 15 is 0 Å². The Morgan fingerprint density at radius 1 is 1.11 bits per heavy atom. The number of alkyl halides is 1. The van der Waals surface area contributed by atoms with Gasteiger partial charge in [-0.15, -0.1) is 12.4 Å². The summed E-state index contributed by atoms with van der Waals surface area (Å²) in [4.78, 5) is 0. The Labute approximate surface area is 117 Å². The Hall–Kier alpha value is -1.46. The largest absolute Gasteiger partial charge is 0.309 e. The highest BCUT2D eigenvalue weighted by atomic mass is 35.5. The number of rotatable bonds is 6. The molecule has 0 fully saturated rings. The van der Waals surface area contributed by atoms with Crippen molar-refractivity contribution in [1.29, 1.82) is 0 Å². The van der Waals surface area contributed by atoms with Crippen LogP contribution in [-0.4, -0.2) is 16.5 Å². The minimum Gasteiger partial charge on any atom is -0.309 e. The van der Waals surface area contributed by atoms with Crippen molar-refractivity contribution in [2.75, 3.05) is 6.67 Å². The summed E-state index contributed by atoms with van der Waals surface area (Å²) < 4.78 is 26.4. The van der Waals surface area contributed by atoms with E-state index in [1.165, 1.54) is 12.1 Å². The molecule has 1 aromatic carbocycles. The predicted molar refractivity (Wildman–Crippen MR) is 72.4 cm³/mol. The molecule has 6 heteroatoms. The monoisotopic (exact) mass is 287 g/mol. The quantitative estimate of drug-likeness (QED) is 0.885. The van der Waals surface area contributed by atoms with Gasteiger partial charge in [-0.1, -0.05) is 12.1 Å². The summed E-state index contributed by atoms with van der Waals surface area (Å²) in [5.74, 6) is -0.230. The fourth-order valence-corrected chi connectivity index (χ4v) is 1.66. The second-order valence-electron chi connectivity index (χ2n) is 4.03. The molecule has 0 bridgehead atoms. The normalized spacial score (nSPS) is 10.2. The van der Waals surface area contributed by atoms with Crippen molar-refractivity contribution in [3.63, 3.8) is 0 Å². The minimum absolute atomic E-state index is 0. The Balaban J connectivity index is 0.00000180. The lowest BCUT2D eigenvalue weighted by Gasteiger charge is -2.03. The molecule has 0 radical (unpaired) electrons. The van der Waals surface area contributed by atoms with Crippen LogP contribution in [0.15, 0.2) is 36.7 Å². The highest BCUT2D eigenvalue weighted by molar-refractivity contribution is 5.85. The van der Waals surface area contributed by atoms with Crippen LogP contribution in [0.1, 0.15) is 11.1 Å². The maximum atomic E-state index is 12.7. The number of benzene rings is 1. The van der Waals surface area contributed by atoms with Crippen LogP contribution in [0.25, 0.3) is 0 Å². The lowest BCUT2D eigenvalue weighted by molar-refractivity contribution is 0.427. The molecule has 0 amide bonds. The third kappa shape index (κ3) is 4.96. The highest BCUT2D eigenvalue weighted by Gasteiger charge is 1.99. The van der Waals surface area contributed by atoms with Crippen molar-refractivity contribution >= 4 is 12.4 Å². The van der Waals surface area contributed by atoms with Crippen LogP contribution in [0, 0.1) is 5.82 Å². The van der Waals surface area contributed by atoms with Crippen molar-refractivity contribution in [2.45, 2.75) is 19.6 Å². The molecule has 0 unspecified atom stereocenters. The van der Waals surface area contributed by atoms with Gasteiger partial charge in [0, 0.05) is 24.8 Å². The van der Waals surface area contributed by atoms with E-state index in [9.17, 15) is 8.78 Å². The number of hydrogen-bond donors (Lipinski definition) is 1.